The molecule has 7 heteroatoms. The molecule has 0 saturated carbocycles. The molecule has 0 saturated heterocycles. The second-order valence-electron chi connectivity index (χ2n) is 6.17. The summed E-state index contributed by atoms with van der Waals surface area (Å²) >= 11 is 3.25. The molecule has 0 aliphatic rings. The van der Waals surface area contributed by atoms with Crippen molar-refractivity contribution in [1.29, 1.82) is 0 Å². The maximum absolute atomic E-state index is 6.15. The molecule has 0 radical (unpaired) electrons. The summed E-state index contributed by atoms with van der Waals surface area (Å²) in [6.45, 7) is 6.09. The van der Waals surface area contributed by atoms with E-state index in [2.05, 4.69) is 32.9 Å². The lowest BCUT2D eigenvalue weighted by Gasteiger charge is -2.13. The molecule has 3 heterocycles. The molecule has 5 nitrogen and oxygen atoms in total. The molecule has 0 unspecified atom stereocenters. The van der Waals surface area contributed by atoms with Gasteiger partial charge in [-0.15, -0.1) is 11.3 Å². The van der Waals surface area contributed by atoms with Gasteiger partial charge in [-0.25, -0.2) is 15.0 Å². The first-order valence-corrected chi connectivity index (χ1v) is 10.5. The summed E-state index contributed by atoms with van der Waals surface area (Å²) in [6, 6.07) is 6.08. The zero-order valence-corrected chi connectivity index (χ0v) is 17.1. The van der Waals surface area contributed by atoms with Crippen LogP contribution in [0.5, 0.6) is 11.5 Å². The SMILES string of the molecule is CSc1nc2cncc(Oc3ccc(-c4c(C)ncnc4C)c(C)c3)c2s1. The molecule has 0 aliphatic heterocycles. The summed E-state index contributed by atoms with van der Waals surface area (Å²) < 4.78 is 8.17. The summed E-state index contributed by atoms with van der Waals surface area (Å²) in [4.78, 5) is 17.5. The number of thiazole rings is 1. The van der Waals surface area contributed by atoms with Crippen LogP contribution in [-0.4, -0.2) is 26.2 Å². The number of nitrogens with zero attached hydrogens (tertiary/aromatic N) is 4. The molecule has 0 spiro atoms. The topological polar surface area (TPSA) is 60.8 Å². The zero-order chi connectivity index (χ0) is 19.0. The van der Waals surface area contributed by atoms with Crippen molar-refractivity contribution in [3.63, 3.8) is 0 Å². The molecule has 0 N–H and O–H groups in total. The Kier molecular flexibility index (Phi) is 4.80. The van der Waals surface area contributed by atoms with Crippen molar-refractivity contribution < 1.29 is 4.74 Å². The van der Waals surface area contributed by atoms with Gasteiger partial charge in [-0.1, -0.05) is 17.8 Å². The van der Waals surface area contributed by atoms with Gasteiger partial charge in [0.05, 0.1) is 12.4 Å². The number of hydrogen-bond donors (Lipinski definition) is 0. The second kappa shape index (κ2) is 7.25. The van der Waals surface area contributed by atoms with Gasteiger partial charge in [0.15, 0.2) is 10.1 Å². The predicted octanol–water partition coefficient (Wildman–Crippen LogP) is 5.59. The van der Waals surface area contributed by atoms with Gasteiger partial charge < -0.3 is 4.74 Å². The lowest BCUT2D eigenvalue weighted by molar-refractivity contribution is 0.486. The largest absolute Gasteiger partial charge is 0.454 e. The number of ether oxygens (including phenoxy) is 1. The summed E-state index contributed by atoms with van der Waals surface area (Å²) in [5, 5.41) is 0. The molecule has 27 heavy (non-hydrogen) atoms. The fourth-order valence-corrected chi connectivity index (χ4v) is 4.55. The van der Waals surface area contributed by atoms with Crippen molar-refractivity contribution in [2.45, 2.75) is 25.1 Å². The maximum Gasteiger partial charge on any atom is 0.165 e. The first-order valence-electron chi connectivity index (χ1n) is 8.42. The van der Waals surface area contributed by atoms with E-state index < -0.39 is 0 Å². The van der Waals surface area contributed by atoms with Crippen LogP contribution in [0.25, 0.3) is 21.3 Å². The number of hydrogen-bond acceptors (Lipinski definition) is 7. The molecular weight excluding hydrogens is 376 g/mol. The minimum absolute atomic E-state index is 0.729. The van der Waals surface area contributed by atoms with Crippen molar-refractivity contribution in [2.75, 3.05) is 6.26 Å². The molecule has 0 fully saturated rings. The van der Waals surface area contributed by atoms with Gasteiger partial charge in [-0.05, 0) is 50.3 Å². The van der Waals surface area contributed by atoms with Crippen molar-refractivity contribution in [3.05, 3.63) is 53.9 Å². The molecule has 136 valence electrons. The van der Waals surface area contributed by atoms with Gasteiger partial charge >= 0.3 is 0 Å². The van der Waals surface area contributed by atoms with Crippen molar-refractivity contribution >= 4 is 33.3 Å². The van der Waals surface area contributed by atoms with E-state index in [0.29, 0.717) is 0 Å². The molecule has 4 aromatic rings. The Bertz CT molecular complexity index is 1120. The fourth-order valence-electron chi connectivity index (χ4n) is 3.06. The Balaban J connectivity index is 1.71. The highest BCUT2D eigenvalue weighted by Crippen LogP contribution is 2.37. The molecule has 3 aromatic heterocycles. The Morgan fingerprint density at radius 3 is 2.52 bits per heavy atom. The highest BCUT2D eigenvalue weighted by atomic mass is 32.2. The number of aryl methyl sites for hydroxylation is 3. The lowest BCUT2D eigenvalue weighted by Crippen LogP contribution is -1.96. The van der Waals surface area contributed by atoms with E-state index in [1.807, 2.05) is 32.2 Å². The Morgan fingerprint density at radius 1 is 1.04 bits per heavy atom. The molecule has 1 aromatic carbocycles. The Hall–Kier alpha value is -2.51. The lowest BCUT2D eigenvalue weighted by atomic mass is 9.98. The van der Waals surface area contributed by atoms with Gasteiger partial charge in [-0.2, -0.15) is 0 Å². The minimum atomic E-state index is 0.729. The quantitative estimate of drug-likeness (QED) is 0.421. The van der Waals surface area contributed by atoms with E-state index in [1.54, 1.807) is 41.8 Å². The summed E-state index contributed by atoms with van der Waals surface area (Å²) in [5.41, 5.74) is 6.13. The number of benzene rings is 1. The average molecular weight is 395 g/mol. The number of thioether (sulfide) groups is 1. The number of rotatable bonds is 4. The monoisotopic (exact) mass is 394 g/mol. The van der Waals surface area contributed by atoms with Crippen LogP contribution in [0.3, 0.4) is 0 Å². The first-order chi connectivity index (χ1) is 13.1. The van der Waals surface area contributed by atoms with Crippen LogP contribution in [0.2, 0.25) is 0 Å². The highest BCUT2D eigenvalue weighted by Gasteiger charge is 2.13. The third-order valence-corrected chi connectivity index (χ3v) is 6.41. The van der Waals surface area contributed by atoms with E-state index in [9.17, 15) is 0 Å². The predicted molar refractivity (Wildman–Crippen MR) is 111 cm³/mol. The normalized spacial score (nSPS) is 11.1. The van der Waals surface area contributed by atoms with E-state index in [1.165, 1.54) is 0 Å². The molecule has 0 aliphatic carbocycles. The van der Waals surface area contributed by atoms with Crippen LogP contribution in [0.4, 0.5) is 0 Å². The van der Waals surface area contributed by atoms with E-state index in [0.717, 1.165) is 54.1 Å². The standard InChI is InChI=1S/C20H18N4OS2/c1-11-7-14(5-6-15(11)18-12(2)22-10-23-13(18)3)25-17-9-21-8-16-19(17)27-20(24-16)26-4/h5-10H,1-4H3. The summed E-state index contributed by atoms with van der Waals surface area (Å²) in [5.74, 6) is 1.50. The highest BCUT2D eigenvalue weighted by molar-refractivity contribution is 8.00. The van der Waals surface area contributed by atoms with Gasteiger partial charge in [0, 0.05) is 17.0 Å². The Morgan fingerprint density at radius 2 is 1.81 bits per heavy atom. The second-order valence-corrected chi connectivity index (χ2v) is 8.22. The molecule has 0 bridgehead atoms. The van der Waals surface area contributed by atoms with Crippen LogP contribution >= 0.6 is 23.1 Å². The number of pyridine rings is 1. The van der Waals surface area contributed by atoms with Crippen LogP contribution < -0.4 is 4.74 Å². The average Bonchev–Trinajstić information content (AvgIpc) is 3.08. The van der Waals surface area contributed by atoms with Crippen molar-refractivity contribution in [3.8, 4) is 22.6 Å². The van der Waals surface area contributed by atoms with Crippen LogP contribution in [-0.2, 0) is 0 Å². The molecular formula is C20H18N4OS2. The minimum Gasteiger partial charge on any atom is -0.454 e. The first kappa shape index (κ1) is 17.9. The van der Waals surface area contributed by atoms with Crippen molar-refractivity contribution in [1.82, 2.24) is 19.9 Å². The van der Waals surface area contributed by atoms with Crippen LogP contribution in [0.15, 0.2) is 41.3 Å². The smallest absolute Gasteiger partial charge is 0.165 e. The van der Waals surface area contributed by atoms with Crippen LogP contribution in [0, 0.1) is 20.8 Å². The van der Waals surface area contributed by atoms with Crippen LogP contribution in [0.1, 0.15) is 17.0 Å². The molecule has 4 rings (SSSR count). The maximum atomic E-state index is 6.15. The van der Waals surface area contributed by atoms with Gasteiger partial charge in [0.1, 0.15) is 22.3 Å². The van der Waals surface area contributed by atoms with Gasteiger partial charge in [0.2, 0.25) is 0 Å². The summed E-state index contributed by atoms with van der Waals surface area (Å²) in [6.07, 6.45) is 7.14. The van der Waals surface area contributed by atoms with E-state index in [4.69, 9.17) is 4.74 Å². The molecule has 0 atom stereocenters. The van der Waals surface area contributed by atoms with Gasteiger partial charge in [0.25, 0.3) is 0 Å². The number of aromatic nitrogens is 4. The zero-order valence-electron chi connectivity index (χ0n) is 15.5. The third-order valence-electron chi connectivity index (χ3n) is 4.34. The van der Waals surface area contributed by atoms with Crippen molar-refractivity contribution in [2.24, 2.45) is 0 Å². The molecule has 0 amide bonds. The number of fused-ring (bicyclic) bond motifs is 1. The van der Waals surface area contributed by atoms with E-state index >= 15 is 0 Å². The van der Waals surface area contributed by atoms with E-state index in [-0.39, 0.29) is 0 Å². The summed E-state index contributed by atoms with van der Waals surface area (Å²) in [7, 11) is 0. The van der Waals surface area contributed by atoms with Gasteiger partial charge in [-0.3, -0.25) is 4.98 Å². The third kappa shape index (κ3) is 3.40. The Labute approximate surface area is 165 Å². The fraction of sp³-hybridized carbons (Fsp3) is 0.200.